The number of unbranched alkanes of at least 4 members (excludes halogenated alkanes) is 3. The molecule has 0 bridgehead atoms. The van der Waals surface area contributed by atoms with Gasteiger partial charge < -0.3 is 13.9 Å². The predicted molar refractivity (Wildman–Crippen MR) is 127 cm³/mol. The Morgan fingerprint density at radius 3 is 2.55 bits per heavy atom. The van der Waals surface area contributed by atoms with Crippen LogP contribution >= 0.6 is 12.4 Å². The highest BCUT2D eigenvalue weighted by Gasteiger charge is 2.19. The molecule has 1 saturated heterocycles. The largest absolute Gasteiger partial charge is 0.494 e. The van der Waals surface area contributed by atoms with Crippen molar-refractivity contribution in [3.05, 3.63) is 40.2 Å². The molecule has 5 nitrogen and oxygen atoms in total. The van der Waals surface area contributed by atoms with Crippen molar-refractivity contribution in [1.82, 2.24) is 4.90 Å². The van der Waals surface area contributed by atoms with Crippen molar-refractivity contribution in [2.24, 2.45) is 0 Å². The van der Waals surface area contributed by atoms with Gasteiger partial charge in [0.2, 0.25) is 0 Å². The number of rotatable bonds is 9. The lowest BCUT2D eigenvalue weighted by molar-refractivity contribution is 0.0371. The van der Waals surface area contributed by atoms with Gasteiger partial charge in [0.15, 0.2) is 5.43 Å². The van der Waals surface area contributed by atoms with Gasteiger partial charge in [-0.15, -0.1) is 12.4 Å². The Kier molecular flexibility index (Phi) is 9.69. The zero-order valence-electron chi connectivity index (χ0n) is 18.5. The average Bonchev–Trinajstić information content (AvgIpc) is 2.80. The summed E-state index contributed by atoms with van der Waals surface area (Å²) in [5.74, 6) is 2.02. The number of nitrogens with zero attached hydrogens (tertiary/aromatic N) is 1. The minimum atomic E-state index is 0. The van der Waals surface area contributed by atoms with Crippen molar-refractivity contribution < 1.29 is 13.9 Å². The molecule has 0 N–H and O–H groups in total. The maximum absolute atomic E-state index is 12.6. The van der Waals surface area contributed by atoms with Gasteiger partial charge >= 0.3 is 0 Å². The van der Waals surface area contributed by atoms with Gasteiger partial charge in [-0.25, -0.2) is 0 Å². The Hall–Kier alpha value is -1.56. The fraction of sp³-hybridized carbons (Fsp3) is 0.640. The molecule has 6 heteroatoms. The molecule has 0 atom stereocenters. The Balaban J connectivity index is 0.00000272. The van der Waals surface area contributed by atoms with E-state index in [4.69, 9.17) is 13.9 Å². The third kappa shape index (κ3) is 6.96. The molecule has 2 fully saturated rings. The Morgan fingerprint density at radius 2 is 1.74 bits per heavy atom. The topological polar surface area (TPSA) is 51.9 Å². The standard InChI is InChI=1S/C25H35NO4.ClH/c27-23-19-25(20-8-4-3-5-9-20)30-24-11-10-21(18-22(23)24)29-15-7-2-1-6-12-26-13-16-28-17-14-26;/h10-11,18-20H,1-9,12-17H2;1H. The van der Waals surface area contributed by atoms with Crippen molar-refractivity contribution in [2.75, 3.05) is 39.5 Å². The highest BCUT2D eigenvalue weighted by atomic mass is 35.5. The summed E-state index contributed by atoms with van der Waals surface area (Å²) in [4.78, 5) is 15.1. The molecule has 0 spiro atoms. The number of benzene rings is 1. The van der Waals surface area contributed by atoms with E-state index in [1.165, 1.54) is 45.1 Å². The van der Waals surface area contributed by atoms with Crippen LogP contribution in [0, 0.1) is 0 Å². The second kappa shape index (κ2) is 12.5. The van der Waals surface area contributed by atoms with E-state index in [1.807, 2.05) is 18.2 Å². The Morgan fingerprint density at radius 1 is 0.968 bits per heavy atom. The van der Waals surface area contributed by atoms with Gasteiger partial charge in [-0.05, 0) is 50.4 Å². The maximum Gasteiger partial charge on any atom is 0.193 e. The molecule has 1 saturated carbocycles. The minimum Gasteiger partial charge on any atom is -0.494 e. The number of morpholine rings is 1. The highest BCUT2D eigenvalue weighted by Crippen LogP contribution is 2.33. The monoisotopic (exact) mass is 449 g/mol. The van der Waals surface area contributed by atoms with Crippen molar-refractivity contribution in [2.45, 2.75) is 63.7 Å². The summed E-state index contributed by atoms with van der Waals surface area (Å²) in [6.07, 6.45) is 10.7. The molecule has 0 radical (unpaired) electrons. The van der Waals surface area contributed by atoms with Crippen molar-refractivity contribution in [1.29, 1.82) is 0 Å². The van der Waals surface area contributed by atoms with Gasteiger partial charge in [0.1, 0.15) is 17.1 Å². The van der Waals surface area contributed by atoms with E-state index in [0.717, 1.165) is 57.1 Å². The smallest absolute Gasteiger partial charge is 0.193 e. The van der Waals surface area contributed by atoms with Gasteiger partial charge in [0, 0.05) is 25.1 Å². The average molecular weight is 450 g/mol. The summed E-state index contributed by atoms with van der Waals surface area (Å²) < 4.78 is 17.4. The van der Waals surface area contributed by atoms with Crippen LogP contribution in [0.15, 0.2) is 33.5 Å². The molecule has 1 aliphatic carbocycles. The number of ether oxygens (including phenoxy) is 2. The highest BCUT2D eigenvalue weighted by molar-refractivity contribution is 5.85. The second-order valence-electron chi connectivity index (χ2n) is 8.72. The first kappa shape index (κ1) is 24.1. The summed E-state index contributed by atoms with van der Waals surface area (Å²) in [5, 5.41) is 0.623. The summed E-state index contributed by atoms with van der Waals surface area (Å²) in [6, 6.07) is 7.36. The van der Waals surface area contributed by atoms with Crippen LogP contribution in [0.2, 0.25) is 0 Å². The van der Waals surface area contributed by atoms with Crippen LogP contribution in [0.5, 0.6) is 5.75 Å². The first-order valence-corrected chi connectivity index (χ1v) is 11.8. The lowest BCUT2D eigenvalue weighted by Gasteiger charge is -2.26. The van der Waals surface area contributed by atoms with E-state index in [0.29, 0.717) is 23.5 Å². The number of hydrogen-bond donors (Lipinski definition) is 0. The second-order valence-corrected chi connectivity index (χ2v) is 8.72. The van der Waals surface area contributed by atoms with Crippen LogP contribution in [-0.2, 0) is 4.74 Å². The fourth-order valence-electron chi connectivity index (χ4n) is 4.64. The van der Waals surface area contributed by atoms with Crippen molar-refractivity contribution in [3.8, 4) is 5.75 Å². The van der Waals surface area contributed by atoms with Crippen molar-refractivity contribution in [3.63, 3.8) is 0 Å². The van der Waals surface area contributed by atoms with Crippen LogP contribution in [-0.4, -0.2) is 44.4 Å². The van der Waals surface area contributed by atoms with E-state index in [1.54, 1.807) is 6.07 Å². The Labute approximate surface area is 191 Å². The lowest BCUT2D eigenvalue weighted by atomic mass is 9.87. The molecule has 0 unspecified atom stereocenters. The molecule has 31 heavy (non-hydrogen) atoms. The molecular weight excluding hydrogens is 414 g/mol. The third-order valence-electron chi connectivity index (χ3n) is 6.47. The maximum atomic E-state index is 12.6. The number of hydrogen-bond acceptors (Lipinski definition) is 5. The Bertz CT molecular complexity index is 856. The first-order chi connectivity index (χ1) is 14.8. The normalized spacial score (nSPS) is 18.1. The van der Waals surface area contributed by atoms with Gasteiger partial charge in [-0.1, -0.05) is 32.1 Å². The summed E-state index contributed by atoms with van der Waals surface area (Å²) in [6.45, 7) is 5.75. The SMILES string of the molecule is Cl.O=c1cc(C2CCCCC2)oc2ccc(OCCCCCCN3CCOCC3)cc12. The molecule has 1 aromatic carbocycles. The summed E-state index contributed by atoms with van der Waals surface area (Å²) in [5.41, 5.74) is 0.726. The molecule has 2 heterocycles. The molecular formula is C25H36ClNO4. The van der Waals surface area contributed by atoms with Crippen LogP contribution in [0.3, 0.4) is 0 Å². The minimum absolute atomic E-state index is 0. The van der Waals surface area contributed by atoms with E-state index >= 15 is 0 Å². The molecule has 2 aliphatic rings. The van der Waals surface area contributed by atoms with Gasteiger partial charge in [-0.2, -0.15) is 0 Å². The summed E-state index contributed by atoms with van der Waals surface area (Å²) in [7, 11) is 0. The lowest BCUT2D eigenvalue weighted by Crippen LogP contribution is -2.36. The molecule has 4 rings (SSSR count). The van der Waals surface area contributed by atoms with Crippen LogP contribution < -0.4 is 10.2 Å². The van der Waals surface area contributed by atoms with Crippen LogP contribution in [0.25, 0.3) is 11.0 Å². The molecule has 172 valence electrons. The zero-order chi connectivity index (χ0) is 20.6. The third-order valence-corrected chi connectivity index (χ3v) is 6.47. The van der Waals surface area contributed by atoms with Gasteiger partial charge in [-0.3, -0.25) is 9.69 Å². The molecule has 2 aromatic rings. The van der Waals surface area contributed by atoms with E-state index in [-0.39, 0.29) is 17.8 Å². The quantitative estimate of drug-likeness (QED) is 0.471. The van der Waals surface area contributed by atoms with Crippen molar-refractivity contribution >= 4 is 23.4 Å². The fourth-order valence-corrected chi connectivity index (χ4v) is 4.64. The van der Waals surface area contributed by atoms with Gasteiger partial charge in [0.05, 0.1) is 25.2 Å². The zero-order valence-corrected chi connectivity index (χ0v) is 19.3. The van der Waals surface area contributed by atoms with E-state index in [2.05, 4.69) is 4.90 Å². The van der Waals surface area contributed by atoms with E-state index < -0.39 is 0 Å². The summed E-state index contributed by atoms with van der Waals surface area (Å²) >= 11 is 0. The van der Waals surface area contributed by atoms with E-state index in [9.17, 15) is 4.79 Å². The number of fused-ring (bicyclic) bond motifs is 1. The van der Waals surface area contributed by atoms with Gasteiger partial charge in [0.25, 0.3) is 0 Å². The number of halogens is 1. The molecule has 1 aromatic heterocycles. The first-order valence-electron chi connectivity index (χ1n) is 11.8. The van der Waals surface area contributed by atoms with Crippen LogP contribution in [0.1, 0.15) is 69.5 Å². The molecule has 0 amide bonds. The molecule has 1 aliphatic heterocycles. The predicted octanol–water partition coefficient (Wildman–Crippen LogP) is 5.53. The van der Waals surface area contributed by atoms with Crippen LogP contribution in [0.4, 0.5) is 0 Å².